The number of piperazine rings is 1. The van der Waals surface area contributed by atoms with Crippen LogP contribution in [0, 0.1) is 6.92 Å². The quantitative estimate of drug-likeness (QED) is 0.716. The molecule has 1 aromatic heterocycles. The molecule has 3 aromatic rings. The number of nitrogens with zero attached hydrogens (tertiary/aromatic N) is 3. The van der Waals surface area contributed by atoms with Gasteiger partial charge in [0.1, 0.15) is 5.69 Å². The van der Waals surface area contributed by atoms with E-state index in [0.29, 0.717) is 23.8 Å². The van der Waals surface area contributed by atoms with E-state index in [1.54, 1.807) is 0 Å². The molecule has 144 valence electrons. The smallest absolute Gasteiger partial charge is 0.272 e. The maximum atomic E-state index is 13.0. The molecule has 0 spiro atoms. The summed E-state index contributed by atoms with van der Waals surface area (Å²) in [6.45, 7) is 6.45. The Bertz CT molecular complexity index is 982. The van der Waals surface area contributed by atoms with Crippen molar-refractivity contribution in [2.45, 2.75) is 19.9 Å². The van der Waals surface area contributed by atoms with Gasteiger partial charge in [-0.1, -0.05) is 35.9 Å². The minimum Gasteiger partial charge on any atom is -0.365 e. The minimum absolute atomic E-state index is 0.0107. The third kappa shape index (κ3) is 3.76. The fourth-order valence-electron chi connectivity index (χ4n) is 3.70. The molecule has 0 aliphatic carbocycles. The minimum atomic E-state index is -0.0107. The van der Waals surface area contributed by atoms with Gasteiger partial charge in [0.25, 0.3) is 5.91 Å². The van der Waals surface area contributed by atoms with Crippen LogP contribution in [0.15, 0.2) is 54.6 Å². The van der Waals surface area contributed by atoms with E-state index in [9.17, 15) is 4.79 Å². The molecule has 1 fully saturated rings. The Morgan fingerprint density at radius 1 is 1.14 bits per heavy atom. The molecular formula is C22H23ClN4O. The highest BCUT2D eigenvalue weighted by Crippen LogP contribution is 2.24. The second-order valence-corrected chi connectivity index (χ2v) is 7.74. The van der Waals surface area contributed by atoms with E-state index in [1.165, 1.54) is 11.3 Å². The first-order valence-electron chi connectivity index (χ1n) is 9.45. The Morgan fingerprint density at radius 3 is 2.64 bits per heavy atom. The van der Waals surface area contributed by atoms with Crippen LogP contribution >= 0.6 is 11.6 Å². The number of halogens is 1. The Balaban J connectivity index is 1.46. The number of aromatic nitrogens is 2. The van der Waals surface area contributed by atoms with E-state index in [0.717, 1.165) is 17.8 Å². The number of nitrogens with one attached hydrogen (secondary N) is 1. The maximum absolute atomic E-state index is 13.0. The topological polar surface area (TPSA) is 52.2 Å². The van der Waals surface area contributed by atoms with Gasteiger partial charge < -0.3 is 9.80 Å². The first-order chi connectivity index (χ1) is 13.5. The van der Waals surface area contributed by atoms with Crippen LogP contribution in [0.25, 0.3) is 11.3 Å². The Kier molecular flexibility index (Phi) is 5.09. The standard InChI is InChI=1S/C22H23ClN4O/c1-15-4-3-5-19(12-15)27-11-10-26(14-16(27)2)22(28)21-13-20(24-25-21)17-6-8-18(23)9-7-17/h3-9,12-13,16H,10-11,14H2,1-2H3,(H,24,25). The average Bonchev–Trinajstić information content (AvgIpc) is 3.18. The molecule has 1 N–H and O–H groups in total. The van der Waals surface area contributed by atoms with Crippen molar-refractivity contribution in [3.05, 3.63) is 70.9 Å². The molecular weight excluding hydrogens is 372 g/mol. The lowest BCUT2D eigenvalue weighted by Gasteiger charge is -2.41. The molecule has 1 aliphatic heterocycles. The number of hydrogen-bond donors (Lipinski definition) is 1. The van der Waals surface area contributed by atoms with Gasteiger partial charge in [0.15, 0.2) is 0 Å². The summed E-state index contributed by atoms with van der Waals surface area (Å²) in [4.78, 5) is 17.2. The summed E-state index contributed by atoms with van der Waals surface area (Å²) < 4.78 is 0. The van der Waals surface area contributed by atoms with E-state index in [-0.39, 0.29) is 11.9 Å². The largest absolute Gasteiger partial charge is 0.365 e. The van der Waals surface area contributed by atoms with E-state index in [2.05, 4.69) is 53.2 Å². The number of hydrogen-bond acceptors (Lipinski definition) is 3. The molecule has 6 heteroatoms. The summed E-state index contributed by atoms with van der Waals surface area (Å²) in [6, 6.07) is 18.0. The monoisotopic (exact) mass is 394 g/mol. The number of benzene rings is 2. The molecule has 28 heavy (non-hydrogen) atoms. The van der Waals surface area contributed by atoms with Crippen molar-refractivity contribution in [1.82, 2.24) is 15.1 Å². The van der Waals surface area contributed by atoms with Gasteiger partial charge >= 0.3 is 0 Å². The van der Waals surface area contributed by atoms with Gasteiger partial charge in [0.2, 0.25) is 0 Å². The Hall–Kier alpha value is -2.79. The zero-order chi connectivity index (χ0) is 19.7. The number of aromatic amines is 1. The highest BCUT2D eigenvalue weighted by atomic mass is 35.5. The number of amides is 1. The van der Waals surface area contributed by atoms with Gasteiger partial charge in [0, 0.05) is 41.9 Å². The van der Waals surface area contributed by atoms with Crippen LogP contribution in [-0.4, -0.2) is 46.7 Å². The molecule has 1 amide bonds. The third-order valence-corrected chi connectivity index (χ3v) is 5.45. The molecule has 4 rings (SSSR count). The second-order valence-electron chi connectivity index (χ2n) is 7.31. The summed E-state index contributed by atoms with van der Waals surface area (Å²) in [6.07, 6.45) is 0. The van der Waals surface area contributed by atoms with E-state index >= 15 is 0 Å². The van der Waals surface area contributed by atoms with Crippen LogP contribution in [0.1, 0.15) is 23.0 Å². The summed E-state index contributed by atoms with van der Waals surface area (Å²) in [5.41, 5.74) is 4.64. The highest BCUT2D eigenvalue weighted by molar-refractivity contribution is 6.30. The highest BCUT2D eigenvalue weighted by Gasteiger charge is 2.28. The number of carbonyl (C=O) groups excluding carboxylic acids is 1. The number of H-pyrrole nitrogens is 1. The SMILES string of the molecule is Cc1cccc(N2CCN(C(=O)c3cc(-c4ccc(Cl)cc4)n[nH]3)CC2C)c1. The number of carbonyl (C=O) groups is 1. The molecule has 5 nitrogen and oxygen atoms in total. The van der Waals surface area contributed by atoms with E-state index in [4.69, 9.17) is 11.6 Å². The van der Waals surface area contributed by atoms with Crippen LogP contribution < -0.4 is 4.90 Å². The number of rotatable bonds is 3. The van der Waals surface area contributed by atoms with Crippen LogP contribution in [0.4, 0.5) is 5.69 Å². The van der Waals surface area contributed by atoms with E-state index in [1.807, 2.05) is 35.2 Å². The van der Waals surface area contributed by atoms with Gasteiger partial charge in [-0.3, -0.25) is 9.89 Å². The summed E-state index contributed by atoms with van der Waals surface area (Å²) >= 11 is 5.94. The van der Waals surface area contributed by atoms with Crippen molar-refractivity contribution in [3.8, 4) is 11.3 Å². The van der Waals surface area contributed by atoms with Crippen molar-refractivity contribution in [1.29, 1.82) is 0 Å². The zero-order valence-electron chi connectivity index (χ0n) is 16.0. The average molecular weight is 395 g/mol. The first-order valence-corrected chi connectivity index (χ1v) is 9.83. The molecule has 0 bridgehead atoms. The summed E-state index contributed by atoms with van der Waals surface area (Å²) in [5.74, 6) is -0.0107. The van der Waals surface area contributed by atoms with Crippen LogP contribution in [0.3, 0.4) is 0 Å². The van der Waals surface area contributed by atoms with Gasteiger partial charge in [-0.2, -0.15) is 5.10 Å². The molecule has 2 heterocycles. The molecule has 0 saturated carbocycles. The van der Waals surface area contributed by atoms with Crippen molar-refractivity contribution in [2.24, 2.45) is 0 Å². The molecule has 1 atom stereocenters. The lowest BCUT2D eigenvalue weighted by Crippen LogP contribution is -2.53. The van der Waals surface area contributed by atoms with E-state index < -0.39 is 0 Å². The van der Waals surface area contributed by atoms with Gasteiger partial charge in [-0.05, 0) is 49.7 Å². The predicted molar refractivity (Wildman–Crippen MR) is 113 cm³/mol. The summed E-state index contributed by atoms with van der Waals surface area (Å²) in [5, 5.41) is 7.87. The van der Waals surface area contributed by atoms with Crippen LogP contribution in [0.2, 0.25) is 5.02 Å². The van der Waals surface area contributed by atoms with Crippen LogP contribution in [0.5, 0.6) is 0 Å². The predicted octanol–water partition coefficient (Wildman–Crippen LogP) is 4.39. The summed E-state index contributed by atoms with van der Waals surface area (Å²) in [7, 11) is 0. The normalized spacial score (nSPS) is 17.0. The molecule has 1 aliphatic rings. The van der Waals surface area contributed by atoms with Gasteiger partial charge in [0.05, 0.1) is 5.69 Å². The fraction of sp³-hybridized carbons (Fsp3) is 0.273. The number of anilines is 1. The van der Waals surface area contributed by atoms with Crippen molar-refractivity contribution in [3.63, 3.8) is 0 Å². The zero-order valence-corrected chi connectivity index (χ0v) is 16.8. The van der Waals surface area contributed by atoms with Crippen molar-refractivity contribution >= 4 is 23.2 Å². The van der Waals surface area contributed by atoms with Crippen LogP contribution in [-0.2, 0) is 0 Å². The van der Waals surface area contributed by atoms with Gasteiger partial charge in [-0.25, -0.2) is 0 Å². The number of aryl methyl sites for hydroxylation is 1. The molecule has 0 radical (unpaired) electrons. The molecule has 2 aromatic carbocycles. The lowest BCUT2D eigenvalue weighted by atomic mass is 10.1. The van der Waals surface area contributed by atoms with Crippen molar-refractivity contribution < 1.29 is 4.79 Å². The fourth-order valence-corrected chi connectivity index (χ4v) is 3.83. The molecule has 1 saturated heterocycles. The Labute approximate surface area is 169 Å². The molecule has 1 unspecified atom stereocenters. The third-order valence-electron chi connectivity index (χ3n) is 5.20. The first kappa shape index (κ1) is 18.6. The second kappa shape index (κ2) is 7.68. The maximum Gasteiger partial charge on any atom is 0.272 e. The Morgan fingerprint density at radius 2 is 1.93 bits per heavy atom. The van der Waals surface area contributed by atoms with Crippen molar-refractivity contribution in [2.75, 3.05) is 24.5 Å². The lowest BCUT2D eigenvalue weighted by molar-refractivity contribution is 0.0720. The van der Waals surface area contributed by atoms with Gasteiger partial charge in [-0.15, -0.1) is 0 Å².